The van der Waals surface area contributed by atoms with Crippen molar-refractivity contribution in [2.24, 2.45) is 0 Å². The summed E-state index contributed by atoms with van der Waals surface area (Å²) in [6, 6.07) is 17.1. The Labute approximate surface area is 156 Å². The summed E-state index contributed by atoms with van der Waals surface area (Å²) in [5, 5.41) is 3.61. The Morgan fingerprint density at radius 1 is 1.04 bits per heavy atom. The first-order valence-electron chi connectivity index (χ1n) is 8.28. The first-order chi connectivity index (χ1) is 12.6. The number of nitrogens with one attached hydrogen (secondary N) is 1. The minimum Gasteiger partial charge on any atom is -0.351 e. The number of halogens is 2. The van der Waals surface area contributed by atoms with Crippen molar-refractivity contribution in [1.82, 2.24) is 10.3 Å². The van der Waals surface area contributed by atoms with Crippen molar-refractivity contribution in [3.05, 3.63) is 101 Å². The van der Waals surface area contributed by atoms with E-state index in [0.717, 1.165) is 16.7 Å². The highest BCUT2D eigenvalue weighted by Crippen LogP contribution is 2.22. The molecular formula is C21H18ClFN2O. The molecule has 2 aromatic carbocycles. The molecule has 0 aliphatic rings. The molecule has 132 valence electrons. The van der Waals surface area contributed by atoms with E-state index < -0.39 is 5.92 Å². The molecule has 1 N–H and O–H groups in total. The van der Waals surface area contributed by atoms with E-state index in [1.807, 2.05) is 24.3 Å². The molecule has 3 rings (SSSR count). The van der Waals surface area contributed by atoms with Gasteiger partial charge in [0.2, 0.25) is 5.91 Å². The number of carbonyl (C=O) groups is 1. The van der Waals surface area contributed by atoms with E-state index in [0.29, 0.717) is 18.0 Å². The van der Waals surface area contributed by atoms with Crippen LogP contribution in [0.25, 0.3) is 0 Å². The predicted molar refractivity (Wildman–Crippen MR) is 100 cm³/mol. The molecular weight excluding hydrogens is 351 g/mol. The van der Waals surface area contributed by atoms with Crippen LogP contribution in [0.2, 0.25) is 5.02 Å². The maximum atomic E-state index is 13.3. The lowest BCUT2D eigenvalue weighted by Crippen LogP contribution is -2.30. The van der Waals surface area contributed by atoms with Gasteiger partial charge in [-0.15, -0.1) is 0 Å². The van der Waals surface area contributed by atoms with Crippen molar-refractivity contribution < 1.29 is 9.18 Å². The van der Waals surface area contributed by atoms with Crippen LogP contribution in [-0.4, -0.2) is 10.9 Å². The van der Waals surface area contributed by atoms with Gasteiger partial charge in [-0.05, 0) is 53.4 Å². The number of amides is 1. The summed E-state index contributed by atoms with van der Waals surface area (Å²) in [6.07, 6.45) is 3.92. The number of hydrogen-bond donors (Lipinski definition) is 1. The van der Waals surface area contributed by atoms with E-state index in [1.165, 1.54) is 12.1 Å². The highest BCUT2D eigenvalue weighted by atomic mass is 35.5. The molecule has 1 amide bonds. The van der Waals surface area contributed by atoms with Crippen LogP contribution in [-0.2, 0) is 17.8 Å². The Kier molecular flexibility index (Phi) is 5.97. The molecule has 1 heterocycles. The number of aromatic nitrogens is 1. The van der Waals surface area contributed by atoms with E-state index in [9.17, 15) is 9.18 Å². The van der Waals surface area contributed by atoms with Crippen molar-refractivity contribution in [2.45, 2.75) is 18.9 Å². The fourth-order valence-corrected chi connectivity index (χ4v) is 2.85. The largest absolute Gasteiger partial charge is 0.351 e. The molecule has 0 aliphatic heterocycles. The van der Waals surface area contributed by atoms with E-state index in [1.54, 1.807) is 36.7 Å². The van der Waals surface area contributed by atoms with E-state index in [2.05, 4.69) is 10.3 Å². The van der Waals surface area contributed by atoms with Crippen molar-refractivity contribution in [1.29, 1.82) is 0 Å². The van der Waals surface area contributed by atoms with Crippen LogP contribution in [0.1, 0.15) is 22.6 Å². The molecule has 0 bridgehead atoms. The van der Waals surface area contributed by atoms with Crippen molar-refractivity contribution in [3.8, 4) is 0 Å². The molecule has 0 spiro atoms. The van der Waals surface area contributed by atoms with Crippen LogP contribution >= 0.6 is 11.6 Å². The maximum Gasteiger partial charge on any atom is 0.228 e. The first-order valence-corrected chi connectivity index (χ1v) is 8.66. The molecule has 0 fully saturated rings. The quantitative estimate of drug-likeness (QED) is 0.695. The van der Waals surface area contributed by atoms with Crippen LogP contribution in [0.3, 0.4) is 0 Å². The van der Waals surface area contributed by atoms with Gasteiger partial charge in [0.25, 0.3) is 0 Å². The smallest absolute Gasteiger partial charge is 0.228 e. The Balaban J connectivity index is 1.76. The summed E-state index contributed by atoms with van der Waals surface area (Å²) < 4.78 is 13.3. The molecule has 1 aromatic heterocycles. The van der Waals surface area contributed by atoms with Crippen LogP contribution in [0.15, 0.2) is 73.1 Å². The number of nitrogens with zero attached hydrogens (tertiary/aromatic N) is 1. The zero-order chi connectivity index (χ0) is 18.4. The fraction of sp³-hybridized carbons (Fsp3) is 0.143. The topological polar surface area (TPSA) is 42.0 Å². The van der Waals surface area contributed by atoms with Crippen molar-refractivity contribution >= 4 is 17.5 Å². The maximum absolute atomic E-state index is 13.3. The number of pyridine rings is 1. The third-order valence-electron chi connectivity index (χ3n) is 4.13. The minimum atomic E-state index is -0.424. The Bertz CT molecular complexity index is 851. The zero-order valence-electron chi connectivity index (χ0n) is 14.0. The van der Waals surface area contributed by atoms with E-state index in [4.69, 9.17) is 11.6 Å². The summed E-state index contributed by atoms with van der Waals surface area (Å²) in [6.45, 7) is 0.404. The SMILES string of the molecule is O=C(NCc1ccc(Cl)cc1)C(Cc1cccnc1)c1ccc(F)cc1. The lowest BCUT2D eigenvalue weighted by atomic mass is 9.91. The lowest BCUT2D eigenvalue weighted by molar-refractivity contribution is -0.122. The van der Waals surface area contributed by atoms with E-state index in [-0.39, 0.29) is 11.7 Å². The van der Waals surface area contributed by atoms with Gasteiger partial charge >= 0.3 is 0 Å². The van der Waals surface area contributed by atoms with Crippen LogP contribution in [0.5, 0.6) is 0 Å². The number of carbonyl (C=O) groups excluding carboxylic acids is 1. The molecule has 0 radical (unpaired) electrons. The average Bonchev–Trinajstić information content (AvgIpc) is 2.67. The van der Waals surface area contributed by atoms with Gasteiger partial charge in [-0.3, -0.25) is 9.78 Å². The summed E-state index contributed by atoms with van der Waals surface area (Å²) in [7, 11) is 0. The normalized spacial score (nSPS) is 11.8. The third-order valence-corrected chi connectivity index (χ3v) is 4.38. The van der Waals surface area contributed by atoms with Crippen LogP contribution in [0, 0.1) is 5.82 Å². The summed E-state index contributed by atoms with van der Waals surface area (Å²) in [5.74, 6) is -0.863. The van der Waals surface area contributed by atoms with Gasteiger partial charge in [-0.25, -0.2) is 4.39 Å². The highest BCUT2D eigenvalue weighted by molar-refractivity contribution is 6.30. The summed E-state index contributed by atoms with van der Waals surface area (Å²) in [5.41, 5.74) is 2.68. The van der Waals surface area contributed by atoms with Gasteiger partial charge in [0.1, 0.15) is 5.82 Å². The third kappa shape index (κ3) is 4.90. The minimum absolute atomic E-state index is 0.115. The molecule has 0 aliphatic carbocycles. The second-order valence-corrected chi connectivity index (χ2v) is 6.45. The lowest BCUT2D eigenvalue weighted by Gasteiger charge is -2.17. The molecule has 3 nitrogen and oxygen atoms in total. The van der Waals surface area contributed by atoms with Crippen LogP contribution < -0.4 is 5.32 Å². The molecule has 1 atom stereocenters. The van der Waals surface area contributed by atoms with Gasteiger partial charge < -0.3 is 5.32 Å². The standard InChI is InChI=1S/C21H18ClFN2O/c22-18-7-3-15(4-8-18)14-25-21(26)20(12-16-2-1-11-24-13-16)17-5-9-19(23)10-6-17/h1-11,13,20H,12,14H2,(H,25,26). The van der Waals surface area contributed by atoms with Gasteiger partial charge in [-0.2, -0.15) is 0 Å². The predicted octanol–water partition coefficient (Wildman–Crippen LogP) is 4.52. The monoisotopic (exact) mass is 368 g/mol. The Hall–Kier alpha value is -2.72. The molecule has 26 heavy (non-hydrogen) atoms. The van der Waals surface area contributed by atoms with Gasteiger partial charge in [0, 0.05) is 24.0 Å². The number of benzene rings is 2. The second kappa shape index (κ2) is 8.59. The number of rotatable bonds is 6. The number of hydrogen-bond acceptors (Lipinski definition) is 2. The van der Waals surface area contributed by atoms with E-state index >= 15 is 0 Å². The molecule has 0 saturated heterocycles. The van der Waals surface area contributed by atoms with Gasteiger partial charge in [0.05, 0.1) is 5.92 Å². The van der Waals surface area contributed by atoms with Crippen molar-refractivity contribution in [2.75, 3.05) is 0 Å². The average molecular weight is 369 g/mol. The molecule has 5 heteroatoms. The summed E-state index contributed by atoms with van der Waals surface area (Å²) >= 11 is 5.88. The van der Waals surface area contributed by atoms with Crippen LogP contribution in [0.4, 0.5) is 4.39 Å². The molecule has 0 saturated carbocycles. The summed E-state index contributed by atoms with van der Waals surface area (Å²) in [4.78, 5) is 16.9. The fourth-order valence-electron chi connectivity index (χ4n) is 2.73. The second-order valence-electron chi connectivity index (χ2n) is 6.01. The first kappa shape index (κ1) is 18.1. The Morgan fingerprint density at radius 2 is 1.77 bits per heavy atom. The molecule has 1 unspecified atom stereocenters. The van der Waals surface area contributed by atoms with Gasteiger partial charge in [-0.1, -0.05) is 41.9 Å². The highest BCUT2D eigenvalue weighted by Gasteiger charge is 2.21. The zero-order valence-corrected chi connectivity index (χ0v) is 14.8. The van der Waals surface area contributed by atoms with Crippen molar-refractivity contribution in [3.63, 3.8) is 0 Å². The Morgan fingerprint density at radius 3 is 2.42 bits per heavy atom. The molecule has 3 aromatic rings. The van der Waals surface area contributed by atoms with Gasteiger partial charge in [0.15, 0.2) is 0 Å².